The lowest BCUT2D eigenvalue weighted by molar-refractivity contribution is 0.157. The van der Waals surface area contributed by atoms with Gasteiger partial charge in [-0.2, -0.15) is 0 Å². The van der Waals surface area contributed by atoms with E-state index in [1.165, 1.54) is 24.2 Å². The Morgan fingerprint density at radius 1 is 1.09 bits per heavy atom. The van der Waals surface area contributed by atoms with E-state index in [0.29, 0.717) is 11.9 Å². The second-order valence-corrected chi connectivity index (χ2v) is 9.51. The van der Waals surface area contributed by atoms with Crippen LogP contribution in [0.1, 0.15) is 72.1 Å². The van der Waals surface area contributed by atoms with Gasteiger partial charge < -0.3 is 10.2 Å². The third kappa shape index (κ3) is 5.48. The van der Waals surface area contributed by atoms with Crippen LogP contribution in [-0.4, -0.2) is 41.6 Å². The topological polar surface area (TPSA) is 31.4 Å². The molecule has 2 aromatic rings. The summed E-state index contributed by atoms with van der Waals surface area (Å²) in [6.45, 7) is 16.7. The predicted octanol–water partition coefficient (Wildman–Crippen LogP) is 6.85. The molecular weight excluding hydrogens is 431 g/mol. The minimum Gasteiger partial charge on any atom is -0.371 e. The van der Waals surface area contributed by atoms with E-state index in [2.05, 4.69) is 34.3 Å². The van der Waals surface area contributed by atoms with Gasteiger partial charge in [0.1, 0.15) is 11.3 Å². The molecule has 2 unspecified atom stereocenters. The number of aromatic nitrogens is 1. The molecule has 0 spiro atoms. The number of rotatable bonds is 5. The van der Waals surface area contributed by atoms with Gasteiger partial charge in [0.05, 0.1) is 16.1 Å². The largest absolute Gasteiger partial charge is 0.371 e. The third-order valence-corrected chi connectivity index (χ3v) is 7.85. The standard InChI is InChI=1S/C23H29FN4S.2C2H6/c1-3-15-6-9-28(14-15)21-12-20(22-13-25-23(29-22)27-7-5-8-27)26-19-10-16(4-2)18(24)11-17(19)21;2*1-2/h10-13,15,23,25H,3-9,14H2,1-2H3;2*1-2H3. The van der Waals surface area contributed by atoms with Crippen molar-refractivity contribution in [3.05, 3.63) is 41.5 Å². The van der Waals surface area contributed by atoms with Crippen LogP contribution < -0.4 is 10.2 Å². The lowest BCUT2D eigenvalue weighted by atomic mass is 10.1. The van der Waals surface area contributed by atoms with Crippen molar-refractivity contribution in [3.63, 3.8) is 0 Å². The molecule has 0 saturated carbocycles. The maximum absolute atomic E-state index is 14.6. The third-order valence-electron chi connectivity index (χ3n) is 6.61. The van der Waals surface area contributed by atoms with Crippen LogP contribution in [0.3, 0.4) is 0 Å². The second kappa shape index (κ2) is 12.1. The summed E-state index contributed by atoms with van der Waals surface area (Å²) >= 11 is 1.85. The molecule has 6 heteroatoms. The molecular formula is C27H41FN4S. The SMILES string of the molecule is CC.CC.CCc1cc2nc(C3=CNC(N4CCC4)S3)cc(N3CCC(CC)C3)c2cc1F. The van der Waals surface area contributed by atoms with Crippen LogP contribution in [0.25, 0.3) is 15.8 Å². The number of fused-ring (bicyclic) bond motifs is 1. The molecule has 1 N–H and O–H groups in total. The summed E-state index contributed by atoms with van der Waals surface area (Å²) in [6.07, 6.45) is 6.48. The van der Waals surface area contributed by atoms with Gasteiger partial charge in [-0.25, -0.2) is 9.37 Å². The molecule has 3 aliphatic heterocycles. The van der Waals surface area contributed by atoms with Gasteiger partial charge in [-0.05, 0) is 48.9 Å². The van der Waals surface area contributed by atoms with Gasteiger partial charge in [-0.1, -0.05) is 59.7 Å². The summed E-state index contributed by atoms with van der Waals surface area (Å²) in [6, 6.07) is 5.84. The van der Waals surface area contributed by atoms with E-state index in [4.69, 9.17) is 4.98 Å². The van der Waals surface area contributed by atoms with Gasteiger partial charge in [0.2, 0.25) is 0 Å². The average molecular weight is 473 g/mol. The zero-order chi connectivity index (χ0) is 24.0. The maximum Gasteiger partial charge on any atom is 0.132 e. The van der Waals surface area contributed by atoms with E-state index < -0.39 is 0 Å². The van der Waals surface area contributed by atoms with Crippen LogP contribution in [0.4, 0.5) is 10.1 Å². The fourth-order valence-electron chi connectivity index (χ4n) is 4.54. The number of hydrogen-bond acceptors (Lipinski definition) is 5. The van der Waals surface area contributed by atoms with Gasteiger partial charge in [0.15, 0.2) is 0 Å². The van der Waals surface area contributed by atoms with E-state index >= 15 is 0 Å². The summed E-state index contributed by atoms with van der Waals surface area (Å²) in [7, 11) is 0. The van der Waals surface area contributed by atoms with Crippen LogP contribution in [0.5, 0.6) is 0 Å². The zero-order valence-corrected chi connectivity index (χ0v) is 22.1. The Morgan fingerprint density at radius 2 is 1.85 bits per heavy atom. The van der Waals surface area contributed by atoms with Crippen LogP contribution in [0, 0.1) is 11.7 Å². The maximum atomic E-state index is 14.6. The molecule has 2 fully saturated rings. The Bertz CT molecular complexity index is 957. The van der Waals surface area contributed by atoms with Crippen molar-refractivity contribution < 1.29 is 4.39 Å². The van der Waals surface area contributed by atoms with Crippen molar-refractivity contribution in [2.75, 3.05) is 31.1 Å². The van der Waals surface area contributed by atoms with Gasteiger partial charge in [0, 0.05) is 43.5 Å². The van der Waals surface area contributed by atoms with E-state index in [1.54, 1.807) is 6.07 Å². The first kappa shape index (κ1) is 25.8. The summed E-state index contributed by atoms with van der Waals surface area (Å²) in [5, 5.41) is 4.45. The van der Waals surface area contributed by atoms with Gasteiger partial charge in [-0.3, -0.25) is 4.90 Å². The number of nitrogens with one attached hydrogen (secondary N) is 1. The minimum absolute atomic E-state index is 0.115. The summed E-state index contributed by atoms with van der Waals surface area (Å²) in [5.74, 6) is 0.606. The van der Waals surface area contributed by atoms with Crippen molar-refractivity contribution >= 4 is 33.3 Å². The molecule has 0 bridgehead atoms. The normalized spacial score (nSPS) is 22.0. The highest BCUT2D eigenvalue weighted by molar-refractivity contribution is 8.09. The van der Waals surface area contributed by atoms with Crippen molar-refractivity contribution in [1.82, 2.24) is 15.2 Å². The Morgan fingerprint density at radius 3 is 2.45 bits per heavy atom. The van der Waals surface area contributed by atoms with Gasteiger partial charge in [0.25, 0.3) is 0 Å². The Kier molecular flexibility index (Phi) is 9.45. The average Bonchev–Trinajstić information content (AvgIpc) is 3.50. The smallest absolute Gasteiger partial charge is 0.132 e. The molecule has 4 heterocycles. The summed E-state index contributed by atoms with van der Waals surface area (Å²) < 4.78 is 14.6. The molecule has 0 amide bonds. The second-order valence-electron chi connectivity index (χ2n) is 8.38. The number of thioether (sulfide) groups is 1. The molecule has 33 heavy (non-hydrogen) atoms. The van der Waals surface area contributed by atoms with Gasteiger partial charge in [-0.15, -0.1) is 0 Å². The highest BCUT2D eigenvalue weighted by Crippen LogP contribution is 2.40. The lowest BCUT2D eigenvalue weighted by Gasteiger charge is -2.35. The molecule has 0 aliphatic carbocycles. The Hall–Kier alpha value is -1.79. The van der Waals surface area contributed by atoms with Gasteiger partial charge >= 0.3 is 0 Å². The Balaban J connectivity index is 0.000000728. The van der Waals surface area contributed by atoms with E-state index in [1.807, 2.05) is 52.4 Å². The number of hydrogen-bond donors (Lipinski definition) is 1. The first-order valence-electron chi connectivity index (χ1n) is 12.9. The molecule has 182 valence electrons. The number of anilines is 1. The minimum atomic E-state index is -0.115. The lowest BCUT2D eigenvalue weighted by Crippen LogP contribution is -2.47. The molecule has 1 aromatic carbocycles. The van der Waals surface area contributed by atoms with Crippen molar-refractivity contribution in [3.8, 4) is 0 Å². The number of halogens is 1. The zero-order valence-electron chi connectivity index (χ0n) is 21.2. The summed E-state index contributed by atoms with van der Waals surface area (Å²) in [4.78, 5) is 11.0. The first-order valence-corrected chi connectivity index (χ1v) is 13.8. The Labute approximate surface area is 204 Å². The summed E-state index contributed by atoms with van der Waals surface area (Å²) in [5.41, 5.74) is 4.10. The van der Waals surface area contributed by atoms with Crippen LogP contribution in [0.15, 0.2) is 24.4 Å². The number of aryl methyl sites for hydroxylation is 1. The quantitative estimate of drug-likeness (QED) is 0.514. The predicted molar refractivity (Wildman–Crippen MR) is 143 cm³/mol. The van der Waals surface area contributed by atoms with Crippen LogP contribution in [0.2, 0.25) is 0 Å². The fourth-order valence-corrected chi connectivity index (χ4v) is 5.64. The molecule has 0 radical (unpaired) electrons. The molecule has 5 rings (SSSR count). The monoisotopic (exact) mass is 472 g/mol. The van der Waals surface area contributed by atoms with Crippen LogP contribution in [-0.2, 0) is 6.42 Å². The molecule has 1 aromatic heterocycles. The fraction of sp³-hybridized carbons (Fsp3) is 0.593. The highest BCUT2D eigenvalue weighted by atomic mass is 32.2. The number of benzene rings is 1. The molecule has 4 nitrogen and oxygen atoms in total. The van der Waals surface area contributed by atoms with E-state index in [0.717, 1.165) is 59.9 Å². The van der Waals surface area contributed by atoms with Crippen molar-refractivity contribution in [1.29, 1.82) is 0 Å². The van der Waals surface area contributed by atoms with Crippen LogP contribution >= 0.6 is 11.8 Å². The molecule has 3 aliphatic rings. The number of nitrogens with zero attached hydrogens (tertiary/aromatic N) is 3. The molecule has 2 saturated heterocycles. The van der Waals surface area contributed by atoms with Crippen molar-refractivity contribution in [2.24, 2.45) is 5.92 Å². The number of likely N-dealkylation sites (tertiary alicyclic amines) is 1. The number of pyridine rings is 1. The first-order chi connectivity index (χ1) is 16.2. The van der Waals surface area contributed by atoms with Crippen molar-refractivity contribution in [2.45, 2.75) is 72.7 Å². The van der Waals surface area contributed by atoms with E-state index in [9.17, 15) is 4.39 Å². The highest BCUT2D eigenvalue weighted by Gasteiger charge is 2.30. The molecule has 2 atom stereocenters. The van der Waals surface area contributed by atoms with E-state index in [-0.39, 0.29) is 5.82 Å².